The molecule has 0 saturated heterocycles. The Morgan fingerprint density at radius 2 is 2.23 bits per heavy atom. The number of fused-ring (bicyclic) bond motifs is 1. The molecule has 0 aromatic heterocycles. The van der Waals surface area contributed by atoms with Crippen LogP contribution >= 0.6 is 0 Å². The molecule has 2 N–H and O–H groups in total. The zero-order valence-electron chi connectivity index (χ0n) is 7.16. The molecule has 0 saturated carbocycles. The first kappa shape index (κ1) is 8.26. The molecule has 1 atom stereocenters. The summed E-state index contributed by atoms with van der Waals surface area (Å²) >= 11 is 0. The number of nitrogens with one attached hydrogen (secondary N) is 1. The summed E-state index contributed by atoms with van der Waals surface area (Å²) in [5.41, 5.74) is 0.791. The number of benzene rings is 1. The highest BCUT2D eigenvalue weighted by Gasteiger charge is 2.35. The predicted octanol–water partition coefficient (Wildman–Crippen LogP) is 0.524. The topological polar surface area (TPSA) is 49.3 Å². The van der Waals surface area contributed by atoms with E-state index in [0.717, 1.165) is 17.5 Å². The number of hydrogen-bond acceptors (Lipinski definition) is 2. The number of carbonyl (C=O) groups is 1. The Hall–Kier alpha value is -1.35. The van der Waals surface area contributed by atoms with Crippen LogP contribution in [0.15, 0.2) is 24.3 Å². The van der Waals surface area contributed by atoms with Gasteiger partial charge in [-0.3, -0.25) is 4.79 Å². The summed E-state index contributed by atoms with van der Waals surface area (Å²) in [5, 5.41) is 12.5. The summed E-state index contributed by atoms with van der Waals surface area (Å²) < 4.78 is 0. The van der Waals surface area contributed by atoms with Crippen LogP contribution in [0.25, 0.3) is 0 Å². The van der Waals surface area contributed by atoms with Crippen molar-refractivity contribution < 1.29 is 9.90 Å². The standard InChI is InChI=1S/C10H11NO2/c12-7-11-10(13)6-5-8-3-1-2-4-9(8)10/h1-4,7,13H,5-6H2,(H,11,12). The maximum absolute atomic E-state index is 10.3. The second-order valence-electron chi connectivity index (χ2n) is 3.28. The van der Waals surface area contributed by atoms with Gasteiger partial charge in [0.2, 0.25) is 6.41 Å². The molecule has 0 fully saturated rings. The van der Waals surface area contributed by atoms with E-state index in [-0.39, 0.29) is 0 Å². The fourth-order valence-electron chi connectivity index (χ4n) is 1.84. The molecule has 1 aromatic rings. The molecule has 3 heteroatoms. The Morgan fingerprint density at radius 1 is 1.46 bits per heavy atom. The molecule has 0 radical (unpaired) electrons. The van der Waals surface area contributed by atoms with E-state index in [1.165, 1.54) is 0 Å². The summed E-state index contributed by atoms with van der Waals surface area (Å²) in [6.07, 6.45) is 1.92. The van der Waals surface area contributed by atoms with Crippen LogP contribution in [0.3, 0.4) is 0 Å². The van der Waals surface area contributed by atoms with Crippen LogP contribution in [0, 0.1) is 0 Å². The van der Waals surface area contributed by atoms with Crippen LogP contribution in [0.5, 0.6) is 0 Å². The van der Waals surface area contributed by atoms with Crippen molar-refractivity contribution in [3.8, 4) is 0 Å². The Morgan fingerprint density at radius 3 is 3.00 bits per heavy atom. The second kappa shape index (κ2) is 2.85. The first-order chi connectivity index (χ1) is 6.26. The molecule has 2 rings (SSSR count). The Labute approximate surface area is 76.4 Å². The average molecular weight is 177 g/mol. The van der Waals surface area contributed by atoms with E-state index < -0.39 is 5.72 Å². The number of aryl methyl sites for hydroxylation is 1. The fourth-order valence-corrected chi connectivity index (χ4v) is 1.84. The van der Waals surface area contributed by atoms with E-state index in [0.29, 0.717) is 12.8 Å². The summed E-state index contributed by atoms with van der Waals surface area (Å²) in [4.78, 5) is 10.3. The number of amides is 1. The Kier molecular flexibility index (Phi) is 1.81. The third-order valence-corrected chi connectivity index (χ3v) is 2.52. The molecule has 1 aromatic carbocycles. The number of rotatable bonds is 2. The quantitative estimate of drug-likeness (QED) is 0.511. The molecule has 68 valence electrons. The lowest BCUT2D eigenvalue weighted by Crippen LogP contribution is -2.39. The molecule has 0 aliphatic heterocycles. The van der Waals surface area contributed by atoms with Gasteiger partial charge in [-0.05, 0) is 12.0 Å². The summed E-state index contributed by atoms with van der Waals surface area (Å²) in [6.45, 7) is 0. The zero-order valence-corrected chi connectivity index (χ0v) is 7.16. The highest BCUT2D eigenvalue weighted by Crippen LogP contribution is 2.33. The van der Waals surface area contributed by atoms with Crippen molar-refractivity contribution in [3.05, 3.63) is 35.4 Å². The van der Waals surface area contributed by atoms with Gasteiger partial charge in [0.1, 0.15) is 0 Å². The summed E-state index contributed by atoms with van der Waals surface area (Å²) in [5.74, 6) is 0. The fraction of sp³-hybridized carbons (Fsp3) is 0.300. The van der Waals surface area contributed by atoms with Gasteiger partial charge in [0, 0.05) is 12.0 Å². The van der Waals surface area contributed by atoms with Crippen LogP contribution in [0.2, 0.25) is 0 Å². The molecule has 0 bridgehead atoms. The van der Waals surface area contributed by atoms with Crippen molar-refractivity contribution >= 4 is 6.41 Å². The highest BCUT2D eigenvalue weighted by atomic mass is 16.3. The molecule has 1 aliphatic rings. The van der Waals surface area contributed by atoms with Crippen LogP contribution in [-0.2, 0) is 16.9 Å². The van der Waals surface area contributed by atoms with Gasteiger partial charge in [-0.1, -0.05) is 24.3 Å². The van der Waals surface area contributed by atoms with Crippen LogP contribution in [0.1, 0.15) is 17.5 Å². The van der Waals surface area contributed by atoms with Gasteiger partial charge in [-0.15, -0.1) is 0 Å². The summed E-state index contributed by atoms with van der Waals surface area (Å²) in [6, 6.07) is 7.62. The number of carbonyl (C=O) groups excluding carboxylic acids is 1. The van der Waals surface area contributed by atoms with Crippen LogP contribution < -0.4 is 5.32 Å². The first-order valence-corrected chi connectivity index (χ1v) is 4.28. The zero-order chi connectivity index (χ0) is 9.31. The molecule has 13 heavy (non-hydrogen) atoms. The molecular weight excluding hydrogens is 166 g/mol. The van der Waals surface area contributed by atoms with Crippen molar-refractivity contribution in [2.75, 3.05) is 0 Å². The maximum atomic E-state index is 10.3. The maximum Gasteiger partial charge on any atom is 0.209 e. The van der Waals surface area contributed by atoms with Gasteiger partial charge in [0.05, 0.1) is 0 Å². The molecule has 0 heterocycles. The van der Waals surface area contributed by atoms with Gasteiger partial charge in [-0.25, -0.2) is 0 Å². The normalized spacial score (nSPS) is 25.3. The van der Waals surface area contributed by atoms with Gasteiger partial charge < -0.3 is 10.4 Å². The summed E-state index contributed by atoms with van der Waals surface area (Å²) in [7, 11) is 0. The van der Waals surface area contributed by atoms with E-state index in [1.807, 2.05) is 24.3 Å². The lowest BCUT2D eigenvalue weighted by Gasteiger charge is -2.22. The lowest BCUT2D eigenvalue weighted by molar-refractivity contribution is -0.117. The number of aliphatic hydroxyl groups is 1. The molecule has 0 spiro atoms. The van der Waals surface area contributed by atoms with Crippen molar-refractivity contribution in [1.82, 2.24) is 5.32 Å². The van der Waals surface area contributed by atoms with Gasteiger partial charge in [0.15, 0.2) is 5.72 Å². The Bertz CT molecular complexity index is 337. The van der Waals surface area contributed by atoms with E-state index in [1.54, 1.807) is 0 Å². The van der Waals surface area contributed by atoms with Crippen molar-refractivity contribution in [2.24, 2.45) is 0 Å². The molecule has 1 amide bonds. The third-order valence-electron chi connectivity index (χ3n) is 2.52. The minimum atomic E-state index is -1.14. The van der Waals surface area contributed by atoms with E-state index >= 15 is 0 Å². The van der Waals surface area contributed by atoms with E-state index in [4.69, 9.17) is 0 Å². The smallest absolute Gasteiger partial charge is 0.209 e. The van der Waals surface area contributed by atoms with Crippen molar-refractivity contribution in [2.45, 2.75) is 18.6 Å². The predicted molar refractivity (Wildman–Crippen MR) is 47.9 cm³/mol. The molecule has 1 aliphatic carbocycles. The first-order valence-electron chi connectivity index (χ1n) is 4.28. The second-order valence-corrected chi connectivity index (χ2v) is 3.28. The van der Waals surface area contributed by atoms with Crippen LogP contribution in [-0.4, -0.2) is 11.5 Å². The largest absolute Gasteiger partial charge is 0.367 e. The molecule has 3 nitrogen and oxygen atoms in total. The minimum Gasteiger partial charge on any atom is -0.367 e. The van der Waals surface area contributed by atoms with Gasteiger partial charge >= 0.3 is 0 Å². The lowest BCUT2D eigenvalue weighted by atomic mass is 10.1. The van der Waals surface area contributed by atoms with E-state index in [9.17, 15) is 9.90 Å². The van der Waals surface area contributed by atoms with Crippen LogP contribution in [0.4, 0.5) is 0 Å². The highest BCUT2D eigenvalue weighted by molar-refractivity contribution is 5.50. The average Bonchev–Trinajstić information content (AvgIpc) is 2.46. The monoisotopic (exact) mass is 177 g/mol. The Balaban J connectivity index is 2.42. The third kappa shape index (κ3) is 1.21. The SMILES string of the molecule is O=CNC1(O)CCc2ccccc21. The number of hydrogen-bond donors (Lipinski definition) is 2. The van der Waals surface area contributed by atoms with Gasteiger partial charge in [0.25, 0.3) is 0 Å². The van der Waals surface area contributed by atoms with Crippen molar-refractivity contribution in [3.63, 3.8) is 0 Å². The minimum absolute atomic E-state index is 0.544. The van der Waals surface area contributed by atoms with Gasteiger partial charge in [-0.2, -0.15) is 0 Å². The molecule has 1 unspecified atom stereocenters. The van der Waals surface area contributed by atoms with E-state index in [2.05, 4.69) is 5.32 Å². The van der Waals surface area contributed by atoms with Crippen molar-refractivity contribution in [1.29, 1.82) is 0 Å². The molecular formula is C10H11NO2.